The van der Waals surface area contributed by atoms with Crippen molar-refractivity contribution >= 4 is 58.3 Å². The lowest BCUT2D eigenvalue weighted by molar-refractivity contribution is -0.138. The molecule has 0 radical (unpaired) electrons. The Morgan fingerprint density at radius 1 is 0.861 bits per heavy atom. The number of hydrogen-bond donors (Lipinski definition) is 2. The number of piperidine rings is 3. The Morgan fingerprint density at radius 3 is 2.36 bits per heavy atom. The fourth-order valence-corrected chi connectivity index (χ4v) is 10.0. The summed E-state index contributed by atoms with van der Waals surface area (Å²) in [5.74, 6) is 4.65. The third-order valence-electron chi connectivity index (χ3n) is 13.7. The fraction of sp³-hybridized carbons (Fsp3) is 0.415. The van der Waals surface area contributed by atoms with Gasteiger partial charge in [-0.25, -0.2) is 9.50 Å². The third kappa shape index (κ3) is 11.4. The first-order chi connectivity index (χ1) is 34.7. The molecule has 9 rings (SSSR count). The number of benzene rings is 3. The number of hydrogen-bond acceptors (Lipinski definition) is 11. The number of imide groups is 2. The molecule has 15 nitrogen and oxygen atoms in total. The SMILES string of the molecule is Cc1c(C#Cc2cnc3ccc(N4CCC(OC5CCN(CCCCCCCOc6cccc7c6C(=O)N(C6CCC(=O)NC6=O)C7=O)CC5)CC4)nn23)cccc1C(=O)Nc1cc(Cl)cc(C(F)(F)F)c1. The summed E-state index contributed by atoms with van der Waals surface area (Å²) in [4.78, 5) is 73.9. The van der Waals surface area contributed by atoms with Gasteiger partial charge in [0.05, 0.1) is 41.7 Å². The highest BCUT2D eigenvalue weighted by Gasteiger charge is 2.46. The van der Waals surface area contributed by atoms with Gasteiger partial charge in [-0.3, -0.25) is 34.2 Å². The summed E-state index contributed by atoms with van der Waals surface area (Å²) >= 11 is 5.92. The summed E-state index contributed by atoms with van der Waals surface area (Å²) in [6.07, 6.45) is 6.47. The standard InChI is InChI=1S/C53H54ClF3N8O7/c1-33-34(9-7-10-41(33)49(67)59-37-30-35(53(55,56)57)29-36(54)31-37)13-14-38-32-58-45-16-17-46(61-65(38)45)63-26-21-40(22-27-63)72-39-19-24-62(25-20-39)23-5-3-2-4-6-28-71-44-12-8-11-42-48(44)52(70)64(51(42)69)43-15-18-47(66)60-50(43)68/h7-12,16-17,29-32,39-40,43H,2-6,15,18-28H2,1H3,(H,59,67)(H,60,66,68). The van der Waals surface area contributed by atoms with E-state index in [9.17, 15) is 37.1 Å². The molecular formula is C53H54ClF3N8O7. The van der Waals surface area contributed by atoms with Gasteiger partial charge in [0, 0.05) is 54.4 Å². The molecule has 3 fully saturated rings. The van der Waals surface area contributed by atoms with Crippen LogP contribution in [0, 0.1) is 18.8 Å². The van der Waals surface area contributed by atoms with Crippen LogP contribution in [0.25, 0.3) is 5.65 Å². The largest absolute Gasteiger partial charge is 0.493 e. The van der Waals surface area contributed by atoms with Crippen molar-refractivity contribution in [1.82, 2.24) is 29.7 Å². The molecule has 0 spiro atoms. The first-order valence-electron chi connectivity index (χ1n) is 24.5. The average molecular weight is 1010 g/mol. The maximum Gasteiger partial charge on any atom is 0.416 e. The molecular weight excluding hydrogens is 953 g/mol. The number of nitrogens with zero attached hydrogens (tertiary/aromatic N) is 6. The Hall–Kier alpha value is -6.81. The molecule has 5 aromatic rings. The van der Waals surface area contributed by atoms with Crippen LogP contribution in [0.5, 0.6) is 5.75 Å². The number of anilines is 2. The zero-order chi connectivity index (χ0) is 50.5. The van der Waals surface area contributed by atoms with Crippen molar-refractivity contribution in [3.63, 3.8) is 0 Å². The molecule has 5 amide bonds. The molecule has 376 valence electrons. The van der Waals surface area contributed by atoms with E-state index in [1.54, 1.807) is 54.0 Å². The molecule has 0 saturated carbocycles. The summed E-state index contributed by atoms with van der Waals surface area (Å²) in [5.41, 5.74) is 1.93. The lowest BCUT2D eigenvalue weighted by Gasteiger charge is -2.37. The molecule has 6 heterocycles. The molecule has 3 saturated heterocycles. The first kappa shape index (κ1) is 50.1. The molecule has 2 aromatic heterocycles. The molecule has 19 heteroatoms. The lowest BCUT2D eigenvalue weighted by atomic mass is 10.0. The molecule has 72 heavy (non-hydrogen) atoms. The Labute approximate surface area is 419 Å². The van der Waals surface area contributed by atoms with Gasteiger partial charge < -0.3 is 24.6 Å². The van der Waals surface area contributed by atoms with Crippen LogP contribution in [-0.2, 0) is 20.5 Å². The number of ether oxygens (including phenoxy) is 2. The predicted molar refractivity (Wildman–Crippen MR) is 262 cm³/mol. The van der Waals surface area contributed by atoms with Gasteiger partial charge in [-0.1, -0.05) is 48.9 Å². The normalized spacial score (nSPS) is 18.0. The van der Waals surface area contributed by atoms with E-state index in [1.165, 1.54) is 6.07 Å². The van der Waals surface area contributed by atoms with Gasteiger partial charge in [0.15, 0.2) is 5.65 Å². The van der Waals surface area contributed by atoms with Crippen molar-refractivity contribution < 1.29 is 46.6 Å². The predicted octanol–water partition coefficient (Wildman–Crippen LogP) is 8.24. The van der Waals surface area contributed by atoms with Gasteiger partial charge in [-0.05, 0) is 124 Å². The maximum absolute atomic E-state index is 13.4. The van der Waals surface area contributed by atoms with Crippen LogP contribution in [0.4, 0.5) is 24.7 Å². The second-order valence-corrected chi connectivity index (χ2v) is 19.1. The Balaban J connectivity index is 0.674. The minimum atomic E-state index is -4.62. The maximum atomic E-state index is 13.4. The smallest absolute Gasteiger partial charge is 0.416 e. The third-order valence-corrected chi connectivity index (χ3v) is 13.9. The number of carbonyl (C=O) groups excluding carboxylic acids is 5. The number of aromatic nitrogens is 3. The van der Waals surface area contributed by atoms with E-state index in [2.05, 4.69) is 37.3 Å². The van der Waals surface area contributed by atoms with Gasteiger partial charge in [-0.15, -0.1) is 5.10 Å². The van der Waals surface area contributed by atoms with E-state index < -0.39 is 47.3 Å². The number of likely N-dealkylation sites (tertiary alicyclic amines) is 1. The molecule has 4 aliphatic heterocycles. The van der Waals surface area contributed by atoms with Crippen molar-refractivity contribution in [2.75, 3.05) is 49.5 Å². The highest BCUT2D eigenvalue weighted by Crippen LogP contribution is 2.35. The number of fused-ring (bicyclic) bond motifs is 2. The van der Waals surface area contributed by atoms with Crippen LogP contribution in [0.1, 0.15) is 124 Å². The zero-order valence-corrected chi connectivity index (χ0v) is 40.5. The number of carbonyl (C=O) groups is 5. The lowest BCUT2D eigenvalue weighted by Crippen LogP contribution is -2.54. The van der Waals surface area contributed by atoms with Gasteiger partial charge >= 0.3 is 6.18 Å². The number of imidazole rings is 1. The van der Waals surface area contributed by atoms with E-state index in [1.807, 2.05) is 12.1 Å². The van der Waals surface area contributed by atoms with Gasteiger partial charge in [0.2, 0.25) is 11.8 Å². The molecule has 0 aliphatic carbocycles. The molecule has 1 unspecified atom stereocenters. The van der Waals surface area contributed by atoms with Crippen LogP contribution in [0.15, 0.2) is 72.9 Å². The molecule has 4 aliphatic rings. The summed E-state index contributed by atoms with van der Waals surface area (Å²) in [7, 11) is 0. The van der Waals surface area contributed by atoms with Crippen LogP contribution in [0.3, 0.4) is 0 Å². The number of rotatable bonds is 15. The summed E-state index contributed by atoms with van der Waals surface area (Å²) in [5, 5.41) is 9.50. The zero-order valence-electron chi connectivity index (χ0n) is 39.7. The van der Waals surface area contributed by atoms with Crippen molar-refractivity contribution in [3.05, 3.63) is 117 Å². The van der Waals surface area contributed by atoms with E-state index in [4.69, 9.17) is 26.2 Å². The highest BCUT2D eigenvalue weighted by molar-refractivity contribution is 6.31. The molecule has 3 aromatic carbocycles. The van der Waals surface area contributed by atoms with Crippen LogP contribution in [-0.4, -0.2) is 112 Å². The second-order valence-electron chi connectivity index (χ2n) is 18.6. The number of unbranched alkanes of at least 4 members (excludes halogenated alkanes) is 4. The Kier molecular flexibility index (Phi) is 15.2. The topological polar surface area (TPSA) is 168 Å². The van der Waals surface area contributed by atoms with Gasteiger partial charge in [0.1, 0.15) is 23.3 Å². The summed E-state index contributed by atoms with van der Waals surface area (Å²) in [6, 6.07) is 15.7. The van der Waals surface area contributed by atoms with Crippen LogP contribution < -0.4 is 20.3 Å². The second kappa shape index (κ2) is 21.9. The van der Waals surface area contributed by atoms with E-state index in [0.717, 1.165) is 113 Å². The van der Waals surface area contributed by atoms with Crippen molar-refractivity contribution in [1.29, 1.82) is 0 Å². The van der Waals surface area contributed by atoms with E-state index in [-0.39, 0.29) is 52.4 Å². The van der Waals surface area contributed by atoms with Gasteiger partial charge in [0.25, 0.3) is 17.7 Å². The van der Waals surface area contributed by atoms with Crippen molar-refractivity contribution in [2.45, 2.75) is 102 Å². The monoisotopic (exact) mass is 1010 g/mol. The number of amides is 5. The Morgan fingerprint density at radius 2 is 1.60 bits per heavy atom. The minimum Gasteiger partial charge on any atom is -0.493 e. The summed E-state index contributed by atoms with van der Waals surface area (Å²) < 4.78 is 54.4. The molecule has 1 atom stereocenters. The number of nitrogens with one attached hydrogen (secondary N) is 2. The van der Waals surface area contributed by atoms with Crippen LogP contribution in [0.2, 0.25) is 5.02 Å². The highest BCUT2D eigenvalue weighted by atomic mass is 35.5. The minimum absolute atomic E-state index is 0.0647. The van der Waals surface area contributed by atoms with Gasteiger partial charge in [-0.2, -0.15) is 13.2 Å². The van der Waals surface area contributed by atoms with Crippen LogP contribution >= 0.6 is 11.6 Å². The van der Waals surface area contributed by atoms with E-state index >= 15 is 0 Å². The number of halogens is 4. The van der Waals surface area contributed by atoms with E-state index in [0.29, 0.717) is 34.8 Å². The quantitative estimate of drug-likeness (QED) is 0.0589. The van der Waals surface area contributed by atoms with Crippen molar-refractivity contribution in [2.24, 2.45) is 0 Å². The molecule has 0 bridgehead atoms. The Bertz CT molecular complexity index is 2950. The average Bonchev–Trinajstić information content (AvgIpc) is 3.88. The summed E-state index contributed by atoms with van der Waals surface area (Å²) in [6.45, 7) is 6.81. The van der Waals surface area contributed by atoms with Crippen molar-refractivity contribution in [3.8, 4) is 17.6 Å². The first-order valence-corrected chi connectivity index (χ1v) is 24.8. The number of alkyl halides is 3. The molecule has 2 N–H and O–H groups in total. The fourth-order valence-electron chi connectivity index (χ4n) is 9.81.